The third-order valence-corrected chi connectivity index (χ3v) is 5.38. The molecule has 2 aromatic heterocycles. The molecule has 0 saturated heterocycles. The van der Waals surface area contributed by atoms with Gasteiger partial charge in [-0.25, -0.2) is 4.98 Å². The minimum absolute atomic E-state index is 0.0363. The Morgan fingerprint density at radius 2 is 2.03 bits per heavy atom. The first-order chi connectivity index (χ1) is 15.4. The summed E-state index contributed by atoms with van der Waals surface area (Å²) in [6.07, 6.45) is 1.35. The van der Waals surface area contributed by atoms with Crippen LogP contribution in [0, 0.1) is 11.3 Å². The summed E-state index contributed by atoms with van der Waals surface area (Å²) >= 11 is 6.38. The molecule has 160 valence electrons. The number of methoxy groups -OCH3 is 1. The maximum absolute atomic E-state index is 13.6. The summed E-state index contributed by atoms with van der Waals surface area (Å²) < 4.78 is 6.92. The molecule has 0 radical (unpaired) electrons. The van der Waals surface area contributed by atoms with Gasteiger partial charge < -0.3 is 15.8 Å². The lowest BCUT2D eigenvalue weighted by Gasteiger charge is -2.22. The molecule has 8 nitrogen and oxygen atoms in total. The van der Waals surface area contributed by atoms with E-state index in [9.17, 15) is 10.1 Å². The van der Waals surface area contributed by atoms with E-state index in [1.165, 1.54) is 6.20 Å². The number of anilines is 2. The molecule has 0 aliphatic rings. The maximum Gasteiger partial charge on any atom is 0.264 e. The number of rotatable bonds is 5. The summed E-state index contributed by atoms with van der Waals surface area (Å²) in [7, 11) is 1.56. The molecule has 0 amide bonds. The standard InChI is InChI=1S/C23H19ClN6O2/c1-13(28-21-15(11-25)12-27-23(26)29-21)19-9-14-5-3-8-18(24)20(14)22(31)30(19)16-6-4-7-17(10-16)32-2/h3-10,12-13H,1-2H3,(H3,26,27,28,29)/t13-/m0/s1. The average molecular weight is 447 g/mol. The highest BCUT2D eigenvalue weighted by Gasteiger charge is 2.19. The second-order valence-electron chi connectivity index (χ2n) is 7.08. The first-order valence-corrected chi connectivity index (χ1v) is 10.1. The summed E-state index contributed by atoms with van der Waals surface area (Å²) in [6, 6.07) is 16.0. The molecular formula is C23H19ClN6O2. The molecule has 1 atom stereocenters. The van der Waals surface area contributed by atoms with Crippen molar-refractivity contribution in [2.75, 3.05) is 18.2 Å². The van der Waals surface area contributed by atoms with Crippen LogP contribution < -0.4 is 21.3 Å². The molecule has 2 aromatic carbocycles. The zero-order valence-electron chi connectivity index (χ0n) is 17.3. The van der Waals surface area contributed by atoms with Crippen molar-refractivity contribution in [3.8, 4) is 17.5 Å². The number of nitrogens with one attached hydrogen (secondary N) is 1. The number of nitrogens with zero attached hydrogens (tertiary/aromatic N) is 4. The second-order valence-corrected chi connectivity index (χ2v) is 7.49. The molecule has 9 heteroatoms. The number of halogens is 1. The summed E-state index contributed by atoms with van der Waals surface area (Å²) in [4.78, 5) is 21.6. The van der Waals surface area contributed by atoms with E-state index in [0.717, 1.165) is 0 Å². The predicted octanol–water partition coefficient (Wildman–Crippen LogP) is 4.07. The molecule has 32 heavy (non-hydrogen) atoms. The van der Waals surface area contributed by atoms with Gasteiger partial charge in [0.15, 0.2) is 0 Å². The van der Waals surface area contributed by atoms with Crippen LogP contribution in [0.1, 0.15) is 24.2 Å². The molecule has 0 unspecified atom stereocenters. The fourth-order valence-corrected chi connectivity index (χ4v) is 3.80. The number of nitriles is 1. The van der Waals surface area contributed by atoms with Crippen LogP contribution in [0.25, 0.3) is 16.5 Å². The SMILES string of the molecule is COc1cccc(-n2c([C@H](C)Nc3nc(N)ncc3C#N)cc3cccc(Cl)c3c2=O)c1. The first-order valence-electron chi connectivity index (χ1n) is 9.70. The second kappa shape index (κ2) is 8.57. The van der Waals surface area contributed by atoms with E-state index in [2.05, 4.69) is 15.3 Å². The van der Waals surface area contributed by atoms with Gasteiger partial charge in [0.1, 0.15) is 23.2 Å². The van der Waals surface area contributed by atoms with Crippen LogP contribution in [0.2, 0.25) is 5.02 Å². The number of fused-ring (bicyclic) bond motifs is 1. The van der Waals surface area contributed by atoms with Gasteiger partial charge in [0.2, 0.25) is 5.95 Å². The quantitative estimate of drug-likeness (QED) is 0.474. The van der Waals surface area contributed by atoms with E-state index in [-0.39, 0.29) is 22.9 Å². The third-order valence-electron chi connectivity index (χ3n) is 5.06. The van der Waals surface area contributed by atoms with Crippen molar-refractivity contribution in [2.45, 2.75) is 13.0 Å². The Bertz CT molecular complexity index is 1430. The Morgan fingerprint density at radius 1 is 1.25 bits per heavy atom. The normalized spacial score (nSPS) is 11.7. The van der Waals surface area contributed by atoms with Gasteiger partial charge in [-0.3, -0.25) is 9.36 Å². The van der Waals surface area contributed by atoms with Gasteiger partial charge in [0, 0.05) is 11.8 Å². The zero-order valence-corrected chi connectivity index (χ0v) is 18.1. The molecule has 3 N–H and O–H groups in total. The van der Waals surface area contributed by atoms with E-state index in [4.69, 9.17) is 22.1 Å². The van der Waals surface area contributed by atoms with Crippen LogP contribution in [-0.2, 0) is 0 Å². The van der Waals surface area contributed by atoms with Crippen molar-refractivity contribution >= 4 is 34.1 Å². The molecule has 0 bridgehead atoms. The Labute approximate surface area is 188 Å². The van der Waals surface area contributed by atoms with Crippen molar-refractivity contribution < 1.29 is 4.74 Å². The van der Waals surface area contributed by atoms with Crippen LogP contribution in [0.5, 0.6) is 5.75 Å². The fourth-order valence-electron chi connectivity index (χ4n) is 3.54. The summed E-state index contributed by atoms with van der Waals surface area (Å²) in [5.74, 6) is 0.924. The number of aromatic nitrogens is 3. The van der Waals surface area contributed by atoms with Crippen LogP contribution in [0.15, 0.2) is 59.5 Å². The molecule has 0 aliphatic carbocycles. The van der Waals surface area contributed by atoms with E-state index < -0.39 is 6.04 Å². The van der Waals surface area contributed by atoms with E-state index in [0.29, 0.717) is 32.9 Å². The number of hydrogen-bond donors (Lipinski definition) is 2. The summed E-state index contributed by atoms with van der Waals surface area (Å²) in [5.41, 5.74) is 6.93. The molecule has 4 aromatic rings. The van der Waals surface area contributed by atoms with Gasteiger partial charge in [-0.1, -0.05) is 29.8 Å². The van der Waals surface area contributed by atoms with Crippen molar-refractivity contribution in [1.82, 2.24) is 14.5 Å². The van der Waals surface area contributed by atoms with Crippen molar-refractivity contribution in [2.24, 2.45) is 0 Å². The van der Waals surface area contributed by atoms with Gasteiger partial charge in [-0.15, -0.1) is 0 Å². The lowest BCUT2D eigenvalue weighted by atomic mass is 10.1. The predicted molar refractivity (Wildman–Crippen MR) is 124 cm³/mol. The lowest BCUT2D eigenvalue weighted by molar-refractivity contribution is 0.414. The van der Waals surface area contributed by atoms with Crippen molar-refractivity contribution in [1.29, 1.82) is 5.26 Å². The highest BCUT2D eigenvalue weighted by molar-refractivity contribution is 6.35. The molecule has 0 fully saturated rings. The number of hydrogen-bond acceptors (Lipinski definition) is 7. The largest absolute Gasteiger partial charge is 0.497 e. The Balaban J connectivity index is 1.95. The van der Waals surface area contributed by atoms with Gasteiger partial charge in [-0.05, 0) is 36.6 Å². The van der Waals surface area contributed by atoms with E-state index in [1.807, 2.05) is 31.2 Å². The van der Waals surface area contributed by atoms with Gasteiger partial charge in [0.05, 0.1) is 35.4 Å². The third kappa shape index (κ3) is 3.82. The minimum atomic E-state index is -0.432. The van der Waals surface area contributed by atoms with Crippen molar-refractivity contribution in [3.63, 3.8) is 0 Å². The first kappa shape index (κ1) is 21.2. The van der Waals surface area contributed by atoms with E-state index >= 15 is 0 Å². The molecule has 2 heterocycles. The number of nitrogens with two attached hydrogens (primary N) is 1. The average Bonchev–Trinajstić information content (AvgIpc) is 2.79. The van der Waals surface area contributed by atoms with Gasteiger partial charge >= 0.3 is 0 Å². The minimum Gasteiger partial charge on any atom is -0.497 e. The van der Waals surface area contributed by atoms with Crippen LogP contribution in [0.4, 0.5) is 11.8 Å². The van der Waals surface area contributed by atoms with Crippen molar-refractivity contribution in [3.05, 3.63) is 81.4 Å². The fraction of sp³-hybridized carbons (Fsp3) is 0.130. The molecule has 0 aliphatic heterocycles. The van der Waals surface area contributed by atoms with Crippen LogP contribution in [0.3, 0.4) is 0 Å². The van der Waals surface area contributed by atoms with Crippen LogP contribution in [-0.4, -0.2) is 21.6 Å². The lowest BCUT2D eigenvalue weighted by Crippen LogP contribution is -2.26. The molecule has 0 saturated carbocycles. The molecular weight excluding hydrogens is 428 g/mol. The topological polar surface area (TPSA) is 119 Å². The van der Waals surface area contributed by atoms with E-state index in [1.54, 1.807) is 42.0 Å². The Hall–Kier alpha value is -4.09. The number of nitrogen functional groups attached to an aromatic ring is 1. The number of pyridine rings is 1. The maximum atomic E-state index is 13.6. The zero-order chi connectivity index (χ0) is 22.8. The molecule has 0 spiro atoms. The summed E-state index contributed by atoms with van der Waals surface area (Å²) in [5, 5.41) is 14.1. The van der Waals surface area contributed by atoms with Crippen LogP contribution >= 0.6 is 11.6 Å². The highest BCUT2D eigenvalue weighted by Crippen LogP contribution is 2.28. The Morgan fingerprint density at radius 3 is 2.78 bits per heavy atom. The highest BCUT2D eigenvalue weighted by atomic mass is 35.5. The van der Waals surface area contributed by atoms with Gasteiger partial charge in [-0.2, -0.15) is 10.2 Å². The number of ether oxygens (including phenoxy) is 1. The monoisotopic (exact) mass is 446 g/mol. The number of benzene rings is 2. The summed E-state index contributed by atoms with van der Waals surface area (Å²) in [6.45, 7) is 1.86. The Kier molecular flexibility index (Phi) is 5.67. The molecule has 4 rings (SSSR count). The smallest absolute Gasteiger partial charge is 0.264 e. The van der Waals surface area contributed by atoms with Gasteiger partial charge in [0.25, 0.3) is 5.56 Å².